The van der Waals surface area contributed by atoms with E-state index in [-0.39, 0.29) is 11.8 Å². The lowest BCUT2D eigenvalue weighted by Gasteiger charge is -2.07. The third-order valence-corrected chi connectivity index (χ3v) is 1.90. The molecule has 0 saturated carbocycles. The molecule has 0 heterocycles. The molecular weight excluding hydrogens is 184 g/mol. The molecule has 0 aliphatic heterocycles. The van der Waals surface area contributed by atoms with Crippen LogP contribution in [-0.2, 0) is 9.59 Å². The molecule has 1 unspecified atom stereocenters. The van der Waals surface area contributed by atoms with Crippen LogP contribution >= 0.6 is 0 Å². The number of nitrogens with one attached hydrogen (secondary N) is 1. The minimum absolute atomic E-state index is 0.288. The molecule has 0 saturated heterocycles. The Kier molecular flexibility index (Phi) is 6.74. The average molecular weight is 202 g/mol. The molecule has 0 aromatic rings. The molecule has 5 heteroatoms. The predicted octanol–water partition coefficient (Wildman–Crippen LogP) is -0.0477. The van der Waals surface area contributed by atoms with E-state index in [1.165, 1.54) is 0 Å². The second-order valence-corrected chi connectivity index (χ2v) is 3.37. The summed E-state index contributed by atoms with van der Waals surface area (Å²) in [7, 11) is 0. The molecule has 14 heavy (non-hydrogen) atoms. The van der Waals surface area contributed by atoms with E-state index in [0.717, 1.165) is 19.4 Å². The first-order valence-corrected chi connectivity index (χ1v) is 4.76. The number of carboxylic acid groups (broad SMARTS) is 1. The number of rotatable bonds is 8. The lowest BCUT2D eigenvalue weighted by Crippen LogP contribution is -2.27. The van der Waals surface area contributed by atoms with Crippen molar-refractivity contribution in [2.75, 3.05) is 13.1 Å². The summed E-state index contributed by atoms with van der Waals surface area (Å²) in [6, 6.07) is 0. The molecule has 0 rings (SSSR count). The fourth-order valence-corrected chi connectivity index (χ4v) is 0.955. The minimum Gasteiger partial charge on any atom is -0.481 e. The van der Waals surface area contributed by atoms with Gasteiger partial charge in [0.25, 0.3) is 0 Å². The van der Waals surface area contributed by atoms with Gasteiger partial charge in [-0.05, 0) is 19.4 Å². The van der Waals surface area contributed by atoms with Crippen molar-refractivity contribution in [2.24, 2.45) is 11.7 Å². The van der Waals surface area contributed by atoms with Crippen LogP contribution in [0.15, 0.2) is 0 Å². The van der Waals surface area contributed by atoms with E-state index in [0.29, 0.717) is 13.0 Å². The highest BCUT2D eigenvalue weighted by atomic mass is 16.4. The highest BCUT2D eigenvalue weighted by Gasteiger charge is 2.08. The first kappa shape index (κ1) is 12.9. The van der Waals surface area contributed by atoms with E-state index in [4.69, 9.17) is 10.8 Å². The number of amides is 1. The number of carbonyl (C=O) groups is 2. The van der Waals surface area contributed by atoms with Gasteiger partial charge in [-0.15, -0.1) is 0 Å². The maximum atomic E-state index is 10.4. The van der Waals surface area contributed by atoms with E-state index in [1.807, 2.05) is 0 Å². The number of carboxylic acids is 1. The van der Waals surface area contributed by atoms with Crippen molar-refractivity contribution in [1.82, 2.24) is 5.32 Å². The summed E-state index contributed by atoms with van der Waals surface area (Å²) < 4.78 is 0. The Morgan fingerprint density at radius 3 is 2.57 bits per heavy atom. The summed E-state index contributed by atoms with van der Waals surface area (Å²) >= 11 is 0. The fraction of sp³-hybridized carbons (Fsp3) is 0.778. The molecule has 0 aliphatic rings. The van der Waals surface area contributed by atoms with Gasteiger partial charge in [0.15, 0.2) is 0 Å². The van der Waals surface area contributed by atoms with Gasteiger partial charge in [-0.2, -0.15) is 0 Å². The van der Waals surface area contributed by atoms with Crippen molar-refractivity contribution in [3.05, 3.63) is 0 Å². The van der Waals surface area contributed by atoms with Crippen molar-refractivity contribution >= 4 is 11.9 Å². The van der Waals surface area contributed by atoms with E-state index in [9.17, 15) is 9.59 Å². The van der Waals surface area contributed by atoms with Crippen molar-refractivity contribution in [3.8, 4) is 0 Å². The molecular formula is C9H18N2O3. The maximum Gasteiger partial charge on any atom is 0.307 e. The lowest BCUT2D eigenvalue weighted by atomic mass is 10.2. The Morgan fingerprint density at radius 1 is 1.43 bits per heavy atom. The number of hydrogen-bond acceptors (Lipinski definition) is 3. The van der Waals surface area contributed by atoms with Crippen LogP contribution in [0.5, 0.6) is 0 Å². The zero-order valence-electron chi connectivity index (χ0n) is 8.45. The molecule has 0 aliphatic carbocycles. The van der Waals surface area contributed by atoms with Crippen LogP contribution in [0.2, 0.25) is 0 Å². The largest absolute Gasteiger partial charge is 0.481 e. The summed E-state index contributed by atoms with van der Waals surface area (Å²) in [6.45, 7) is 2.84. The molecule has 4 N–H and O–H groups in total. The third-order valence-electron chi connectivity index (χ3n) is 1.90. The lowest BCUT2D eigenvalue weighted by molar-refractivity contribution is -0.140. The number of nitrogens with two attached hydrogens (primary N) is 1. The normalized spacial score (nSPS) is 12.4. The zero-order chi connectivity index (χ0) is 11.0. The molecule has 0 spiro atoms. The van der Waals surface area contributed by atoms with Gasteiger partial charge in [-0.25, -0.2) is 0 Å². The first-order chi connectivity index (χ1) is 6.54. The van der Waals surface area contributed by atoms with E-state index in [1.54, 1.807) is 6.92 Å². The van der Waals surface area contributed by atoms with Gasteiger partial charge in [-0.3, -0.25) is 9.59 Å². The van der Waals surface area contributed by atoms with Crippen molar-refractivity contribution in [3.63, 3.8) is 0 Å². The first-order valence-electron chi connectivity index (χ1n) is 4.76. The summed E-state index contributed by atoms with van der Waals surface area (Å²) in [5, 5.41) is 11.6. The number of aliphatic carboxylic acids is 1. The minimum atomic E-state index is -0.797. The molecule has 5 nitrogen and oxygen atoms in total. The second kappa shape index (κ2) is 7.32. The van der Waals surface area contributed by atoms with Gasteiger partial charge < -0.3 is 16.2 Å². The van der Waals surface area contributed by atoms with Crippen LogP contribution in [0.4, 0.5) is 0 Å². The summed E-state index contributed by atoms with van der Waals surface area (Å²) in [5.41, 5.74) is 4.96. The molecule has 0 bridgehead atoms. The van der Waals surface area contributed by atoms with E-state index in [2.05, 4.69) is 5.32 Å². The monoisotopic (exact) mass is 202 g/mol. The highest BCUT2D eigenvalue weighted by molar-refractivity contribution is 5.73. The molecule has 0 aromatic heterocycles. The van der Waals surface area contributed by atoms with Crippen molar-refractivity contribution < 1.29 is 14.7 Å². The van der Waals surface area contributed by atoms with E-state index < -0.39 is 5.97 Å². The van der Waals surface area contributed by atoms with Crippen LogP contribution in [0.1, 0.15) is 26.2 Å². The predicted molar refractivity (Wildman–Crippen MR) is 52.7 cm³/mol. The Balaban J connectivity index is 3.21. The topological polar surface area (TPSA) is 92.4 Å². The fourth-order valence-electron chi connectivity index (χ4n) is 0.955. The summed E-state index contributed by atoms with van der Waals surface area (Å²) in [5.74, 6) is -1.45. The number of primary amides is 1. The Hall–Kier alpha value is -1.10. The van der Waals surface area contributed by atoms with Gasteiger partial charge in [-0.1, -0.05) is 6.92 Å². The number of hydrogen-bond donors (Lipinski definition) is 3. The third kappa shape index (κ3) is 7.54. The van der Waals surface area contributed by atoms with Crippen LogP contribution in [0, 0.1) is 5.92 Å². The number of carbonyl (C=O) groups excluding carboxylic acids is 1. The number of unbranched alkanes of at least 4 members (excludes halogenated alkanes) is 1. The summed E-state index contributed by atoms with van der Waals surface area (Å²) in [4.78, 5) is 20.8. The maximum absolute atomic E-state index is 10.4. The van der Waals surface area contributed by atoms with Gasteiger partial charge in [0.1, 0.15) is 0 Å². The highest BCUT2D eigenvalue weighted by Crippen LogP contribution is 1.94. The molecule has 1 amide bonds. The Bertz CT molecular complexity index is 194. The van der Waals surface area contributed by atoms with Crippen LogP contribution in [-0.4, -0.2) is 30.1 Å². The quantitative estimate of drug-likeness (QED) is 0.481. The van der Waals surface area contributed by atoms with Gasteiger partial charge >= 0.3 is 5.97 Å². The van der Waals surface area contributed by atoms with Gasteiger partial charge in [0.2, 0.25) is 5.91 Å². The molecule has 0 fully saturated rings. The Labute approximate surface area is 83.7 Å². The Morgan fingerprint density at radius 2 is 2.07 bits per heavy atom. The van der Waals surface area contributed by atoms with Crippen molar-refractivity contribution in [1.29, 1.82) is 0 Å². The average Bonchev–Trinajstić information content (AvgIpc) is 2.09. The zero-order valence-corrected chi connectivity index (χ0v) is 8.45. The molecule has 0 aromatic carbocycles. The van der Waals surface area contributed by atoms with Gasteiger partial charge in [0, 0.05) is 13.0 Å². The smallest absolute Gasteiger partial charge is 0.307 e. The van der Waals surface area contributed by atoms with Crippen LogP contribution in [0.25, 0.3) is 0 Å². The standard InChI is InChI=1S/C9H18N2O3/c1-7(9(13)14)6-11-5-3-2-4-8(10)12/h7,11H,2-6H2,1H3,(H2,10,12)(H,13,14). The second-order valence-electron chi connectivity index (χ2n) is 3.37. The SMILES string of the molecule is CC(CNCCCCC(N)=O)C(=O)O. The van der Waals surface area contributed by atoms with Crippen molar-refractivity contribution in [2.45, 2.75) is 26.2 Å². The summed E-state index contributed by atoms with van der Waals surface area (Å²) in [6.07, 6.45) is 2.00. The van der Waals surface area contributed by atoms with Crippen LogP contribution in [0.3, 0.4) is 0 Å². The van der Waals surface area contributed by atoms with E-state index >= 15 is 0 Å². The molecule has 1 atom stereocenters. The van der Waals surface area contributed by atoms with Crippen LogP contribution < -0.4 is 11.1 Å². The molecule has 0 radical (unpaired) electrons. The van der Waals surface area contributed by atoms with Gasteiger partial charge in [0.05, 0.1) is 5.92 Å². The molecule has 82 valence electrons.